The predicted molar refractivity (Wildman–Crippen MR) is 78.5 cm³/mol. The minimum Gasteiger partial charge on any atom is -0.505 e. The number of hydrogen-bond donors (Lipinski definition) is 1. The number of hydrogen-bond acceptors (Lipinski definition) is 6. The molecule has 2 aromatic rings. The first kappa shape index (κ1) is 14.7. The van der Waals surface area contributed by atoms with Crippen molar-refractivity contribution in [2.45, 2.75) is 26.4 Å². The molecule has 7 nitrogen and oxygen atoms in total. The van der Waals surface area contributed by atoms with Crippen LogP contribution in [0.25, 0.3) is 10.9 Å². The lowest BCUT2D eigenvalue weighted by Crippen LogP contribution is -2.15. The summed E-state index contributed by atoms with van der Waals surface area (Å²) in [5, 5.41) is 25.3. The van der Waals surface area contributed by atoms with Gasteiger partial charge < -0.3 is 9.94 Å². The van der Waals surface area contributed by atoms with Gasteiger partial charge in [0.05, 0.1) is 16.5 Å². The quantitative estimate of drug-likeness (QED) is 0.532. The fraction of sp³-hybridized carbons (Fsp3) is 0.286. The first-order valence-corrected chi connectivity index (χ1v) is 6.26. The number of phenolic OH excluding ortho intramolecular Hbond substituents is 1. The Balaban J connectivity index is 2.55. The third-order valence-corrected chi connectivity index (χ3v) is 2.59. The third-order valence-electron chi connectivity index (χ3n) is 2.59. The molecule has 0 radical (unpaired) electrons. The highest BCUT2D eigenvalue weighted by molar-refractivity contribution is 5.99. The van der Waals surface area contributed by atoms with Crippen LogP contribution in [0, 0.1) is 10.1 Å². The van der Waals surface area contributed by atoms with Crippen LogP contribution in [0.15, 0.2) is 29.6 Å². The largest absolute Gasteiger partial charge is 0.505 e. The number of aromatic nitrogens is 1. The molecular formula is C14H15N3O4. The average molecular weight is 289 g/mol. The van der Waals surface area contributed by atoms with E-state index in [4.69, 9.17) is 4.84 Å². The van der Waals surface area contributed by atoms with Crippen LogP contribution in [0.1, 0.15) is 26.3 Å². The van der Waals surface area contributed by atoms with Crippen LogP contribution < -0.4 is 0 Å². The van der Waals surface area contributed by atoms with Crippen molar-refractivity contribution in [3.05, 3.63) is 40.1 Å². The molecule has 21 heavy (non-hydrogen) atoms. The number of pyridine rings is 1. The zero-order valence-corrected chi connectivity index (χ0v) is 11.9. The van der Waals surface area contributed by atoms with E-state index >= 15 is 0 Å². The molecule has 0 bridgehead atoms. The van der Waals surface area contributed by atoms with Gasteiger partial charge in [-0.15, -0.1) is 0 Å². The second kappa shape index (κ2) is 5.35. The number of nitro groups is 1. The van der Waals surface area contributed by atoms with Crippen molar-refractivity contribution in [1.82, 2.24) is 4.98 Å². The van der Waals surface area contributed by atoms with E-state index in [1.54, 1.807) is 6.07 Å². The second-order valence-corrected chi connectivity index (χ2v) is 5.43. The number of phenols is 1. The van der Waals surface area contributed by atoms with E-state index in [-0.39, 0.29) is 27.9 Å². The molecule has 1 aromatic carbocycles. The van der Waals surface area contributed by atoms with Gasteiger partial charge in [-0.2, -0.15) is 0 Å². The topological polar surface area (TPSA) is 97.9 Å². The Hall–Kier alpha value is -2.70. The van der Waals surface area contributed by atoms with Crippen molar-refractivity contribution in [1.29, 1.82) is 0 Å². The summed E-state index contributed by atoms with van der Waals surface area (Å²) in [7, 11) is 0. The molecule has 0 saturated heterocycles. The van der Waals surface area contributed by atoms with E-state index in [1.807, 2.05) is 20.8 Å². The molecule has 0 spiro atoms. The lowest BCUT2D eigenvalue weighted by molar-refractivity contribution is -0.383. The standard InChI is InChI=1S/C14H15N3O4/c1-14(2,3)21-16-8-9-7-11(17(19)20)10-5-4-6-15-12(10)13(9)18/h4-8,18H,1-3H3. The van der Waals surface area contributed by atoms with Gasteiger partial charge in [0.2, 0.25) is 0 Å². The molecule has 1 N–H and O–H groups in total. The minimum atomic E-state index is -0.522. The Kier molecular flexibility index (Phi) is 3.75. The van der Waals surface area contributed by atoms with Crippen LogP contribution >= 0.6 is 0 Å². The normalized spacial score (nSPS) is 12.0. The van der Waals surface area contributed by atoms with Gasteiger partial charge in [0.1, 0.15) is 11.1 Å². The van der Waals surface area contributed by atoms with Crippen molar-refractivity contribution < 1.29 is 14.9 Å². The van der Waals surface area contributed by atoms with Crippen LogP contribution in [0.5, 0.6) is 5.75 Å². The summed E-state index contributed by atoms with van der Waals surface area (Å²) in [6.45, 7) is 5.44. The number of nitrogens with zero attached hydrogens (tertiary/aromatic N) is 3. The molecule has 110 valence electrons. The molecule has 0 atom stereocenters. The molecule has 7 heteroatoms. The Labute approximate surface area is 121 Å². The number of nitro benzene ring substituents is 1. The van der Waals surface area contributed by atoms with Gasteiger partial charge in [0.15, 0.2) is 5.75 Å². The smallest absolute Gasteiger partial charge is 0.279 e. The van der Waals surface area contributed by atoms with Gasteiger partial charge in [-0.05, 0) is 32.9 Å². The van der Waals surface area contributed by atoms with Crippen LogP contribution in [-0.4, -0.2) is 26.8 Å². The highest BCUT2D eigenvalue weighted by Crippen LogP contribution is 2.33. The molecule has 0 saturated carbocycles. The maximum absolute atomic E-state index is 11.1. The van der Waals surface area contributed by atoms with E-state index in [0.717, 1.165) is 0 Å². The van der Waals surface area contributed by atoms with Gasteiger partial charge in [0, 0.05) is 17.8 Å². The van der Waals surface area contributed by atoms with E-state index in [2.05, 4.69) is 10.1 Å². The van der Waals surface area contributed by atoms with Crippen molar-refractivity contribution >= 4 is 22.8 Å². The first-order chi connectivity index (χ1) is 9.79. The fourth-order valence-electron chi connectivity index (χ4n) is 1.72. The Morgan fingerprint density at radius 1 is 1.48 bits per heavy atom. The van der Waals surface area contributed by atoms with Crippen LogP contribution in [0.3, 0.4) is 0 Å². The summed E-state index contributed by atoms with van der Waals surface area (Å²) in [5.41, 5.74) is -0.304. The third kappa shape index (κ3) is 3.25. The fourth-order valence-corrected chi connectivity index (χ4v) is 1.72. The monoisotopic (exact) mass is 289 g/mol. The number of oxime groups is 1. The van der Waals surface area contributed by atoms with Gasteiger partial charge in [-0.3, -0.25) is 15.1 Å². The molecule has 0 amide bonds. The van der Waals surface area contributed by atoms with E-state index in [0.29, 0.717) is 0 Å². The zero-order valence-electron chi connectivity index (χ0n) is 11.9. The number of aromatic hydroxyl groups is 1. The lowest BCUT2D eigenvalue weighted by Gasteiger charge is -2.14. The highest BCUT2D eigenvalue weighted by atomic mass is 16.6. The summed E-state index contributed by atoms with van der Waals surface area (Å²) >= 11 is 0. The molecule has 0 aliphatic carbocycles. The van der Waals surface area contributed by atoms with Crippen molar-refractivity contribution in [2.24, 2.45) is 5.16 Å². The molecular weight excluding hydrogens is 274 g/mol. The van der Waals surface area contributed by atoms with Crippen LogP contribution in [0.2, 0.25) is 0 Å². The first-order valence-electron chi connectivity index (χ1n) is 6.26. The molecule has 2 rings (SSSR count). The van der Waals surface area contributed by atoms with Gasteiger partial charge in [-0.25, -0.2) is 0 Å². The summed E-state index contributed by atoms with van der Waals surface area (Å²) in [6.07, 6.45) is 2.69. The highest BCUT2D eigenvalue weighted by Gasteiger charge is 2.19. The molecule has 0 aliphatic rings. The average Bonchev–Trinajstić information content (AvgIpc) is 2.40. The van der Waals surface area contributed by atoms with Gasteiger partial charge in [0.25, 0.3) is 5.69 Å². The van der Waals surface area contributed by atoms with E-state index < -0.39 is 10.5 Å². The Bertz CT molecular complexity index is 720. The summed E-state index contributed by atoms with van der Waals surface area (Å²) in [6, 6.07) is 4.35. The van der Waals surface area contributed by atoms with Crippen LogP contribution in [-0.2, 0) is 4.84 Å². The summed E-state index contributed by atoms with van der Waals surface area (Å²) in [4.78, 5) is 19.8. The van der Waals surface area contributed by atoms with E-state index in [1.165, 1.54) is 24.5 Å². The van der Waals surface area contributed by atoms with Crippen molar-refractivity contribution in [3.8, 4) is 5.75 Å². The Morgan fingerprint density at radius 2 is 2.19 bits per heavy atom. The number of benzene rings is 1. The Morgan fingerprint density at radius 3 is 2.81 bits per heavy atom. The van der Waals surface area contributed by atoms with Gasteiger partial charge in [-0.1, -0.05) is 5.16 Å². The zero-order chi connectivity index (χ0) is 15.6. The maximum atomic E-state index is 11.1. The van der Waals surface area contributed by atoms with Crippen molar-refractivity contribution in [3.63, 3.8) is 0 Å². The maximum Gasteiger partial charge on any atom is 0.279 e. The lowest BCUT2D eigenvalue weighted by atomic mass is 10.1. The molecule has 0 unspecified atom stereocenters. The van der Waals surface area contributed by atoms with Crippen molar-refractivity contribution in [2.75, 3.05) is 0 Å². The summed E-state index contributed by atoms with van der Waals surface area (Å²) < 4.78 is 0. The van der Waals surface area contributed by atoms with E-state index in [9.17, 15) is 15.2 Å². The summed E-state index contributed by atoms with van der Waals surface area (Å²) in [5.74, 6) is -0.169. The molecule has 1 heterocycles. The second-order valence-electron chi connectivity index (χ2n) is 5.43. The van der Waals surface area contributed by atoms with Gasteiger partial charge >= 0.3 is 0 Å². The SMILES string of the molecule is CC(C)(C)ON=Cc1cc([N+](=O)[O-])c2cccnc2c1O. The number of rotatable bonds is 3. The molecule has 0 fully saturated rings. The number of non-ortho nitro benzene ring substituents is 1. The molecule has 1 aromatic heterocycles. The van der Waals surface area contributed by atoms with Crippen LogP contribution in [0.4, 0.5) is 5.69 Å². The molecule has 0 aliphatic heterocycles. The predicted octanol–water partition coefficient (Wildman–Crippen LogP) is 3.00. The minimum absolute atomic E-state index is 0.145. The number of fused-ring (bicyclic) bond motifs is 1.